The number of benzene rings is 1. The van der Waals surface area contributed by atoms with Crippen molar-refractivity contribution >= 4 is 17.3 Å². The predicted molar refractivity (Wildman–Crippen MR) is 82.9 cm³/mol. The summed E-state index contributed by atoms with van der Waals surface area (Å²) in [6.45, 7) is 2.59. The highest BCUT2D eigenvalue weighted by atomic mass is 16.1. The molecule has 1 saturated heterocycles. The van der Waals surface area contributed by atoms with Gasteiger partial charge in [0.1, 0.15) is 0 Å². The number of anilines is 2. The van der Waals surface area contributed by atoms with Crippen molar-refractivity contribution in [3.63, 3.8) is 0 Å². The molecule has 1 fully saturated rings. The molecule has 0 atom stereocenters. The van der Waals surface area contributed by atoms with Gasteiger partial charge in [-0.2, -0.15) is 0 Å². The van der Waals surface area contributed by atoms with Crippen LogP contribution in [0, 0.1) is 0 Å². The normalized spacial score (nSPS) is 16.9. The molecular weight excluding hydrogens is 252 g/mol. The Bertz CT molecular complexity index is 441. The van der Waals surface area contributed by atoms with Crippen molar-refractivity contribution in [1.82, 2.24) is 4.90 Å². The molecule has 0 saturated carbocycles. The first-order valence-electron chi connectivity index (χ1n) is 7.23. The Morgan fingerprint density at radius 2 is 1.95 bits per heavy atom. The zero-order valence-corrected chi connectivity index (χ0v) is 12.1. The second-order valence-corrected chi connectivity index (χ2v) is 5.35. The smallest absolute Gasteiger partial charge is 0.225 e. The van der Waals surface area contributed by atoms with Gasteiger partial charge in [-0.15, -0.1) is 0 Å². The lowest BCUT2D eigenvalue weighted by Crippen LogP contribution is -2.36. The maximum Gasteiger partial charge on any atom is 0.225 e. The van der Waals surface area contributed by atoms with E-state index in [1.807, 2.05) is 24.3 Å². The Labute approximate surface area is 120 Å². The van der Waals surface area contributed by atoms with Crippen LogP contribution in [0.2, 0.25) is 0 Å². The number of nitrogens with zero attached hydrogens (tertiary/aromatic N) is 1. The number of nitrogens with one attached hydrogen (secondary N) is 2. The molecule has 0 bridgehead atoms. The Morgan fingerprint density at radius 3 is 2.60 bits per heavy atom. The lowest BCUT2D eigenvalue weighted by Gasteiger charge is -2.30. The van der Waals surface area contributed by atoms with E-state index in [1.165, 1.54) is 0 Å². The van der Waals surface area contributed by atoms with Crippen molar-refractivity contribution in [2.45, 2.75) is 25.3 Å². The number of likely N-dealkylation sites (tertiary alicyclic amines) is 1. The summed E-state index contributed by atoms with van der Waals surface area (Å²) in [6, 6.07) is 8.31. The van der Waals surface area contributed by atoms with Crippen LogP contribution < -0.4 is 16.4 Å². The largest absolute Gasteiger partial charge is 0.381 e. The number of piperidine rings is 1. The van der Waals surface area contributed by atoms with Gasteiger partial charge in [0.25, 0.3) is 0 Å². The molecular formula is C15H24N4O. The van der Waals surface area contributed by atoms with Gasteiger partial charge in [0, 0.05) is 19.0 Å². The van der Waals surface area contributed by atoms with Gasteiger partial charge < -0.3 is 21.3 Å². The van der Waals surface area contributed by atoms with Crippen LogP contribution in [-0.2, 0) is 4.79 Å². The molecule has 2 rings (SSSR count). The van der Waals surface area contributed by atoms with Crippen molar-refractivity contribution in [2.24, 2.45) is 5.73 Å². The zero-order valence-electron chi connectivity index (χ0n) is 12.1. The molecule has 4 N–H and O–H groups in total. The number of nitrogens with two attached hydrogens (primary N) is 1. The van der Waals surface area contributed by atoms with Gasteiger partial charge in [-0.1, -0.05) is 12.1 Å². The minimum Gasteiger partial charge on any atom is -0.381 e. The summed E-state index contributed by atoms with van der Waals surface area (Å²) >= 11 is 0. The van der Waals surface area contributed by atoms with Crippen LogP contribution in [0.5, 0.6) is 0 Å². The molecule has 1 amide bonds. The highest BCUT2D eigenvalue weighted by Crippen LogP contribution is 2.24. The van der Waals surface area contributed by atoms with Crippen LogP contribution in [-0.4, -0.2) is 43.5 Å². The van der Waals surface area contributed by atoms with E-state index in [9.17, 15) is 4.79 Å². The maximum atomic E-state index is 11.7. The van der Waals surface area contributed by atoms with E-state index in [-0.39, 0.29) is 5.91 Å². The second kappa shape index (κ2) is 7.26. The molecule has 5 heteroatoms. The van der Waals surface area contributed by atoms with E-state index in [0.717, 1.165) is 37.3 Å². The summed E-state index contributed by atoms with van der Waals surface area (Å²) in [7, 11) is 2.15. The molecule has 1 heterocycles. The zero-order chi connectivity index (χ0) is 14.4. The van der Waals surface area contributed by atoms with Crippen molar-refractivity contribution in [1.29, 1.82) is 0 Å². The monoisotopic (exact) mass is 276 g/mol. The molecule has 0 radical (unpaired) electrons. The van der Waals surface area contributed by atoms with Gasteiger partial charge in [0.2, 0.25) is 5.91 Å². The van der Waals surface area contributed by atoms with Crippen LogP contribution in [0.3, 0.4) is 0 Å². The summed E-state index contributed by atoms with van der Waals surface area (Å²) in [6.07, 6.45) is 2.60. The maximum absolute atomic E-state index is 11.7. The Hall–Kier alpha value is -1.59. The molecule has 20 heavy (non-hydrogen) atoms. The molecule has 0 spiro atoms. The number of carbonyl (C=O) groups excluding carboxylic acids is 1. The van der Waals surface area contributed by atoms with Crippen LogP contribution in [0.15, 0.2) is 24.3 Å². The number of rotatable bonds is 5. The number of hydrogen-bond donors (Lipinski definition) is 3. The van der Waals surface area contributed by atoms with E-state index in [0.29, 0.717) is 19.0 Å². The molecule has 110 valence electrons. The third kappa shape index (κ3) is 4.21. The van der Waals surface area contributed by atoms with Gasteiger partial charge in [-0.05, 0) is 45.1 Å². The van der Waals surface area contributed by atoms with Crippen LogP contribution in [0.4, 0.5) is 11.4 Å². The second-order valence-electron chi connectivity index (χ2n) is 5.35. The van der Waals surface area contributed by atoms with E-state index < -0.39 is 0 Å². The predicted octanol–water partition coefficient (Wildman–Crippen LogP) is 1.48. The highest BCUT2D eigenvalue weighted by Gasteiger charge is 2.17. The average Bonchev–Trinajstić information content (AvgIpc) is 2.44. The SMILES string of the molecule is CN1CCC(Nc2ccccc2NC(=O)CCN)CC1. The number of amides is 1. The lowest BCUT2D eigenvalue weighted by atomic mass is 10.0. The fraction of sp³-hybridized carbons (Fsp3) is 0.533. The lowest BCUT2D eigenvalue weighted by molar-refractivity contribution is -0.116. The third-order valence-electron chi connectivity index (χ3n) is 3.65. The van der Waals surface area contributed by atoms with Gasteiger partial charge in [-0.25, -0.2) is 0 Å². The fourth-order valence-corrected chi connectivity index (χ4v) is 2.43. The Balaban J connectivity index is 1.98. The molecule has 0 aromatic heterocycles. The van der Waals surface area contributed by atoms with E-state index in [2.05, 4.69) is 22.6 Å². The third-order valence-corrected chi connectivity index (χ3v) is 3.65. The molecule has 1 aromatic rings. The van der Waals surface area contributed by atoms with Crippen LogP contribution in [0.1, 0.15) is 19.3 Å². The molecule has 0 unspecified atom stereocenters. The first-order valence-corrected chi connectivity index (χ1v) is 7.23. The quantitative estimate of drug-likeness (QED) is 0.762. The topological polar surface area (TPSA) is 70.4 Å². The molecule has 1 aliphatic rings. The summed E-state index contributed by atoms with van der Waals surface area (Å²) in [5.41, 5.74) is 7.23. The number of carbonyl (C=O) groups is 1. The van der Waals surface area contributed by atoms with E-state index >= 15 is 0 Å². The van der Waals surface area contributed by atoms with Crippen molar-refractivity contribution in [2.75, 3.05) is 37.3 Å². The van der Waals surface area contributed by atoms with Crippen molar-refractivity contribution in [3.05, 3.63) is 24.3 Å². The van der Waals surface area contributed by atoms with Crippen molar-refractivity contribution in [3.8, 4) is 0 Å². The average molecular weight is 276 g/mol. The first-order chi connectivity index (χ1) is 9.69. The van der Waals surface area contributed by atoms with Gasteiger partial charge >= 0.3 is 0 Å². The molecule has 1 aromatic carbocycles. The van der Waals surface area contributed by atoms with Crippen LogP contribution in [0.25, 0.3) is 0 Å². The Morgan fingerprint density at radius 1 is 1.30 bits per heavy atom. The summed E-state index contributed by atoms with van der Waals surface area (Å²) in [5.74, 6) is -0.0369. The molecule has 5 nitrogen and oxygen atoms in total. The fourth-order valence-electron chi connectivity index (χ4n) is 2.43. The van der Waals surface area contributed by atoms with Gasteiger partial charge in [0.15, 0.2) is 0 Å². The van der Waals surface area contributed by atoms with Crippen molar-refractivity contribution < 1.29 is 4.79 Å². The Kier molecular flexibility index (Phi) is 5.38. The molecule has 1 aliphatic heterocycles. The summed E-state index contributed by atoms with van der Waals surface area (Å²) in [5, 5.41) is 6.46. The van der Waals surface area contributed by atoms with E-state index in [4.69, 9.17) is 5.73 Å². The number of hydrogen-bond acceptors (Lipinski definition) is 4. The highest BCUT2D eigenvalue weighted by molar-refractivity contribution is 5.94. The molecule has 0 aliphatic carbocycles. The summed E-state index contributed by atoms with van der Waals surface area (Å²) in [4.78, 5) is 14.0. The van der Waals surface area contributed by atoms with E-state index in [1.54, 1.807) is 0 Å². The first kappa shape index (κ1) is 14.8. The minimum absolute atomic E-state index is 0.0369. The van der Waals surface area contributed by atoms with Gasteiger partial charge in [0.05, 0.1) is 11.4 Å². The van der Waals surface area contributed by atoms with Gasteiger partial charge in [-0.3, -0.25) is 4.79 Å². The minimum atomic E-state index is -0.0369. The number of para-hydroxylation sites is 2. The summed E-state index contributed by atoms with van der Waals surface area (Å²) < 4.78 is 0. The standard InChI is InChI=1S/C15H24N4O/c1-19-10-7-12(8-11-19)17-13-4-2-3-5-14(13)18-15(20)6-9-16/h2-5,12,17H,6-11,16H2,1H3,(H,18,20). The van der Waals surface area contributed by atoms with Crippen LogP contribution >= 0.6 is 0 Å².